The summed E-state index contributed by atoms with van der Waals surface area (Å²) in [7, 11) is -3.82. The highest BCUT2D eigenvalue weighted by Gasteiger charge is 2.26. The van der Waals surface area contributed by atoms with Crippen LogP contribution < -0.4 is 10.0 Å². The fourth-order valence-corrected chi connectivity index (χ4v) is 2.59. The largest absolute Gasteiger partial charge is 0.389 e. The zero-order chi connectivity index (χ0) is 15.9. The molecule has 1 heterocycles. The van der Waals surface area contributed by atoms with Crippen molar-refractivity contribution in [3.63, 3.8) is 0 Å². The van der Waals surface area contributed by atoms with E-state index in [9.17, 15) is 21.6 Å². The Morgan fingerprint density at radius 1 is 1.29 bits per heavy atom. The van der Waals surface area contributed by atoms with Gasteiger partial charge in [-0.3, -0.25) is 0 Å². The third-order valence-corrected chi connectivity index (χ3v) is 3.99. The highest BCUT2D eigenvalue weighted by atomic mass is 32.2. The molecule has 1 aromatic heterocycles. The summed E-state index contributed by atoms with van der Waals surface area (Å²) in [6, 6.07) is 2.64. The second-order valence-corrected chi connectivity index (χ2v) is 6.19. The summed E-state index contributed by atoms with van der Waals surface area (Å²) in [5.41, 5.74) is 0. The van der Waals surface area contributed by atoms with Crippen LogP contribution in [0.25, 0.3) is 0 Å². The first kappa shape index (κ1) is 17.7. The number of alkyl halides is 3. The lowest BCUT2D eigenvalue weighted by Crippen LogP contribution is -2.26. The zero-order valence-corrected chi connectivity index (χ0v) is 12.4. The van der Waals surface area contributed by atoms with Gasteiger partial charge in [0, 0.05) is 31.8 Å². The molecule has 0 radical (unpaired) electrons. The first-order valence-electron chi connectivity index (χ1n) is 6.51. The van der Waals surface area contributed by atoms with E-state index in [4.69, 9.17) is 0 Å². The second kappa shape index (κ2) is 7.60. The number of rotatable bonds is 8. The molecule has 0 unspecified atom stereocenters. The monoisotopic (exact) mass is 325 g/mol. The van der Waals surface area contributed by atoms with E-state index < -0.39 is 22.6 Å². The molecule has 5 nitrogen and oxygen atoms in total. The molecule has 120 valence electrons. The fraction of sp³-hybridized carbons (Fsp3) is 0.583. The van der Waals surface area contributed by atoms with Crippen LogP contribution in [0.1, 0.15) is 26.2 Å². The van der Waals surface area contributed by atoms with Gasteiger partial charge in [0.15, 0.2) is 0 Å². The summed E-state index contributed by atoms with van der Waals surface area (Å²) in [6.07, 6.45) is -3.40. The molecule has 21 heavy (non-hydrogen) atoms. The molecule has 0 aliphatic carbocycles. The van der Waals surface area contributed by atoms with Crippen LogP contribution in [0.4, 0.5) is 19.0 Å². The molecule has 0 fully saturated rings. The van der Waals surface area contributed by atoms with Crippen molar-refractivity contribution in [3.8, 4) is 0 Å². The molecule has 0 bridgehead atoms. The number of nitrogens with zero attached hydrogens (tertiary/aromatic N) is 1. The van der Waals surface area contributed by atoms with Gasteiger partial charge in [-0.05, 0) is 18.9 Å². The number of sulfonamides is 1. The van der Waals surface area contributed by atoms with Crippen molar-refractivity contribution in [3.05, 3.63) is 18.3 Å². The Kier molecular flexibility index (Phi) is 6.41. The van der Waals surface area contributed by atoms with Crippen molar-refractivity contribution in [2.45, 2.75) is 37.3 Å². The molecule has 0 saturated heterocycles. The van der Waals surface area contributed by atoms with Crippen LogP contribution in [0.3, 0.4) is 0 Å². The van der Waals surface area contributed by atoms with Gasteiger partial charge >= 0.3 is 6.18 Å². The summed E-state index contributed by atoms with van der Waals surface area (Å²) < 4.78 is 61.9. The van der Waals surface area contributed by atoms with Crippen molar-refractivity contribution < 1.29 is 21.6 Å². The summed E-state index contributed by atoms with van der Waals surface area (Å²) in [4.78, 5) is 3.94. The first-order valence-corrected chi connectivity index (χ1v) is 7.99. The van der Waals surface area contributed by atoms with Gasteiger partial charge in [-0.2, -0.15) is 13.2 Å². The van der Waals surface area contributed by atoms with E-state index >= 15 is 0 Å². The van der Waals surface area contributed by atoms with Gasteiger partial charge < -0.3 is 5.32 Å². The SMILES string of the molecule is CCCNc1cc(S(=O)(=O)NCCCC(F)(F)F)ccn1. The van der Waals surface area contributed by atoms with Crippen molar-refractivity contribution in [2.24, 2.45) is 0 Å². The maximum Gasteiger partial charge on any atom is 0.389 e. The topological polar surface area (TPSA) is 71.1 Å². The number of halogens is 3. The first-order chi connectivity index (χ1) is 9.74. The van der Waals surface area contributed by atoms with Crippen LogP contribution in [0.15, 0.2) is 23.2 Å². The number of pyridine rings is 1. The third-order valence-electron chi connectivity index (χ3n) is 2.53. The summed E-state index contributed by atoms with van der Waals surface area (Å²) in [5, 5.41) is 2.94. The van der Waals surface area contributed by atoms with Crippen LogP contribution in [0.5, 0.6) is 0 Å². The Labute approximate surface area is 122 Å². The predicted octanol–water partition coefficient (Wildman–Crippen LogP) is 2.52. The number of hydrogen-bond donors (Lipinski definition) is 2. The highest BCUT2D eigenvalue weighted by molar-refractivity contribution is 7.89. The molecule has 0 aliphatic rings. The van der Waals surface area contributed by atoms with Crippen LogP contribution in [-0.2, 0) is 10.0 Å². The highest BCUT2D eigenvalue weighted by Crippen LogP contribution is 2.21. The zero-order valence-electron chi connectivity index (χ0n) is 11.6. The Hall–Kier alpha value is -1.35. The van der Waals surface area contributed by atoms with Gasteiger partial charge in [0.25, 0.3) is 0 Å². The molecular weight excluding hydrogens is 307 g/mol. The number of nitrogens with one attached hydrogen (secondary N) is 2. The molecule has 1 aromatic rings. The Morgan fingerprint density at radius 2 is 2.00 bits per heavy atom. The van der Waals surface area contributed by atoms with E-state index in [1.54, 1.807) is 0 Å². The van der Waals surface area contributed by atoms with E-state index in [1.807, 2.05) is 6.92 Å². The maximum absolute atomic E-state index is 12.0. The van der Waals surface area contributed by atoms with Crippen LogP contribution in [0, 0.1) is 0 Å². The quantitative estimate of drug-likeness (QED) is 0.721. The molecule has 0 amide bonds. The molecule has 2 N–H and O–H groups in total. The molecule has 9 heteroatoms. The van der Waals surface area contributed by atoms with Crippen molar-refractivity contribution in [1.82, 2.24) is 9.71 Å². The predicted molar refractivity (Wildman–Crippen MR) is 73.5 cm³/mol. The molecule has 1 rings (SSSR count). The van der Waals surface area contributed by atoms with Crippen LogP contribution in [0.2, 0.25) is 0 Å². The standard InChI is InChI=1S/C12H18F3N3O2S/c1-2-6-16-11-9-10(4-8-17-11)21(19,20)18-7-3-5-12(13,14)15/h4,8-9,18H,2-3,5-7H2,1H3,(H,16,17). The van der Waals surface area contributed by atoms with E-state index in [2.05, 4.69) is 15.0 Å². The van der Waals surface area contributed by atoms with E-state index in [-0.39, 0.29) is 17.9 Å². The fourth-order valence-electron chi connectivity index (χ4n) is 1.51. The minimum absolute atomic E-state index is 0.0249. The van der Waals surface area contributed by atoms with Gasteiger partial charge in [-0.1, -0.05) is 6.92 Å². The minimum Gasteiger partial charge on any atom is -0.370 e. The summed E-state index contributed by atoms with van der Waals surface area (Å²) in [6.45, 7) is 2.34. The molecular formula is C12H18F3N3O2S. The number of anilines is 1. The molecule has 0 aromatic carbocycles. The molecule has 0 atom stereocenters. The van der Waals surface area contributed by atoms with Crippen molar-refractivity contribution in [1.29, 1.82) is 0 Å². The molecule has 0 saturated carbocycles. The maximum atomic E-state index is 12.0. The lowest BCUT2D eigenvalue weighted by atomic mass is 10.3. The van der Waals surface area contributed by atoms with Gasteiger partial charge in [0.1, 0.15) is 5.82 Å². The minimum atomic E-state index is -4.28. The van der Waals surface area contributed by atoms with Gasteiger partial charge in [0.2, 0.25) is 10.0 Å². The summed E-state index contributed by atoms with van der Waals surface area (Å²) >= 11 is 0. The Bertz CT molecular complexity index is 547. The summed E-state index contributed by atoms with van der Waals surface area (Å²) in [5.74, 6) is 0.412. The molecule has 0 spiro atoms. The second-order valence-electron chi connectivity index (χ2n) is 4.42. The average Bonchev–Trinajstić information content (AvgIpc) is 2.41. The number of hydrogen-bond acceptors (Lipinski definition) is 4. The van der Waals surface area contributed by atoms with E-state index in [0.29, 0.717) is 12.4 Å². The van der Waals surface area contributed by atoms with E-state index in [0.717, 1.165) is 6.42 Å². The molecule has 0 aliphatic heterocycles. The average molecular weight is 325 g/mol. The van der Waals surface area contributed by atoms with Gasteiger partial charge in [-0.15, -0.1) is 0 Å². The number of aromatic nitrogens is 1. The smallest absolute Gasteiger partial charge is 0.370 e. The Morgan fingerprint density at radius 3 is 2.62 bits per heavy atom. The van der Waals surface area contributed by atoms with Gasteiger partial charge in [-0.25, -0.2) is 18.1 Å². The lowest BCUT2D eigenvalue weighted by Gasteiger charge is -2.09. The van der Waals surface area contributed by atoms with Crippen LogP contribution in [-0.4, -0.2) is 32.7 Å². The van der Waals surface area contributed by atoms with Crippen molar-refractivity contribution in [2.75, 3.05) is 18.4 Å². The third kappa shape index (κ3) is 6.76. The van der Waals surface area contributed by atoms with Gasteiger partial charge in [0.05, 0.1) is 4.90 Å². The van der Waals surface area contributed by atoms with Crippen molar-refractivity contribution >= 4 is 15.8 Å². The Balaban J connectivity index is 2.61. The normalized spacial score (nSPS) is 12.4. The van der Waals surface area contributed by atoms with Crippen LogP contribution >= 0.6 is 0 Å². The van der Waals surface area contributed by atoms with E-state index in [1.165, 1.54) is 18.3 Å². The lowest BCUT2D eigenvalue weighted by molar-refractivity contribution is -0.135.